The van der Waals surface area contributed by atoms with Gasteiger partial charge in [0.25, 0.3) is 0 Å². The van der Waals surface area contributed by atoms with Gasteiger partial charge in [0.05, 0.1) is 0 Å². The molecule has 0 rings (SSSR count). The van der Waals surface area contributed by atoms with Gasteiger partial charge < -0.3 is 14.9 Å². The van der Waals surface area contributed by atoms with Crippen LogP contribution >= 0.6 is 0 Å². The van der Waals surface area contributed by atoms with Gasteiger partial charge in [0.15, 0.2) is 0 Å². The van der Waals surface area contributed by atoms with Crippen LogP contribution < -0.4 is 47.8 Å². The molecular formula is HBLi2O4. The van der Waals surface area contributed by atoms with Gasteiger partial charge in [0.2, 0.25) is 0 Å². The van der Waals surface area contributed by atoms with Crippen LogP contribution in [0, 0.1) is 0 Å². The summed E-state index contributed by atoms with van der Waals surface area (Å²) in [4.78, 5) is 2.64. The molecular weight excluding hydrogens is 88.7 g/mol. The maximum atomic E-state index is 8.87. The van der Waals surface area contributed by atoms with Crippen LogP contribution in [0.2, 0.25) is 0 Å². The Morgan fingerprint density at radius 1 is 1.29 bits per heavy atom. The van der Waals surface area contributed by atoms with Crippen molar-refractivity contribution in [2.75, 3.05) is 0 Å². The van der Waals surface area contributed by atoms with E-state index in [1.54, 1.807) is 0 Å². The number of hydrogen-bond donors (Lipinski definition) is 1. The molecule has 30 valence electrons. The first-order valence-electron chi connectivity index (χ1n) is 0.890. The van der Waals surface area contributed by atoms with Gasteiger partial charge in [0, 0.05) is 0 Å². The number of hydrogen-bond acceptors (Lipinski definition) is 4. The molecule has 0 amide bonds. The van der Waals surface area contributed by atoms with Crippen LogP contribution in [-0.2, 0) is 4.81 Å². The molecule has 4 nitrogen and oxygen atoms in total. The van der Waals surface area contributed by atoms with E-state index in [9.17, 15) is 0 Å². The topological polar surface area (TPSA) is 75.6 Å². The fraction of sp³-hybridized carbons (Fsp3) is 0. The zero-order chi connectivity index (χ0) is 4.28. The molecule has 0 heterocycles. The van der Waals surface area contributed by atoms with Gasteiger partial charge in [0.1, 0.15) is 7.32 Å². The van der Waals surface area contributed by atoms with Crippen molar-refractivity contribution in [3.05, 3.63) is 0 Å². The van der Waals surface area contributed by atoms with Crippen LogP contribution in [0.5, 0.6) is 0 Å². The summed E-state index contributed by atoms with van der Waals surface area (Å²) in [6.07, 6.45) is 0. The smallest absolute Gasteiger partial charge is 0.868 e. The van der Waals surface area contributed by atoms with E-state index < -0.39 is 7.32 Å². The average Bonchev–Trinajstić information content (AvgIpc) is 1.38. The molecule has 0 spiro atoms. The first-order chi connectivity index (χ1) is 2.27. The van der Waals surface area contributed by atoms with E-state index in [1.807, 2.05) is 0 Å². The molecule has 7 heteroatoms. The van der Waals surface area contributed by atoms with Gasteiger partial charge in [-0.1, -0.05) is 0 Å². The first kappa shape index (κ1) is 15.7. The Morgan fingerprint density at radius 2 is 1.43 bits per heavy atom. The van der Waals surface area contributed by atoms with Gasteiger partial charge in [-0.15, -0.1) is 0 Å². The van der Waals surface area contributed by atoms with Crippen LogP contribution in [-0.4, -0.2) is 12.6 Å². The average molecular weight is 89.7 g/mol. The Bertz CT molecular complexity index is 23.7. The van der Waals surface area contributed by atoms with Crippen molar-refractivity contribution >= 4 is 7.32 Å². The van der Waals surface area contributed by atoms with E-state index in [1.165, 1.54) is 0 Å². The van der Waals surface area contributed by atoms with Crippen molar-refractivity contribution in [2.24, 2.45) is 0 Å². The minimum atomic E-state index is -2.56. The maximum absolute atomic E-state index is 8.87. The standard InChI is InChI=1S/BHO4.2Li/c2-1(3)5-4;;/h4H;;/q-2;2*+1. The second kappa shape index (κ2) is 10.2. The Labute approximate surface area is 65.3 Å². The molecule has 0 fully saturated rings. The van der Waals surface area contributed by atoms with Gasteiger partial charge in [-0.3, -0.25) is 5.26 Å². The van der Waals surface area contributed by atoms with Crippen LogP contribution in [0.1, 0.15) is 0 Å². The summed E-state index contributed by atoms with van der Waals surface area (Å²) in [6, 6.07) is 0. The molecule has 0 aliphatic rings. The predicted octanol–water partition coefficient (Wildman–Crippen LogP) is -8.81. The summed E-state index contributed by atoms with van der Waals surface area (Å²) in [5.74, 6) is 0. The van der Waals surface area contributed by atoms with E-state index in [4.69, 9.17) is 15.3 Å². The normalized spacial score (nSPS) is 5.57. The molecule has 0 aromatic carbocycles. The summed E-state index contributed by atoms with van der Waals surface area (Å²) >= 11 is 0. The van der Waals surface area contributed by atoms with Crippen molar-refractivity contribution in [1.82, 2.24) is 0 Å². The Hall–Kier alpha value is 1.10. The Kier molecular flexibility index (Phi) is 22.8. The molecule has 0 saturated heterocycles. The fourth-order valence-corrected chi connectivity index (χ4v) is 0. The maximum Gasteiger partial charge on any atom is 1.00 e. The number of rotatable bonds is 1. The third-order valence-corrected chi connectivity index (χ3v) is 0.0861. The molecule has 0 unspecified atom stereocenters. The van der Waals surface area contributed by atoms with Crippen LogP contribution in [0.15, 0.2) is 0 Å². The van der Waals surface area contributed by atoms with Crippen LogP contribution in [0.4, 0.5) is 0 Å². The first-order valence-corrected chi connectivity index (χ1v) is 0.890. The van der Waals surface area contributed by atoms with Crippen molar-refractivity contribution in [2.45, 2.75) is 0 Å². The summed E-state index contributed by atoms with van der Waals surface area (Å²) in [5.41, 5.74) is 0. The van der Waals surface area contributed by atoms with E-state index in [0.717, 1.165) is 0 Å². The zero-order valence-corrected chi connectivity index (χ0v) is 4.25. The molecule has 0 saturated carbocycles. The van der Waals surface area contributed by atoms with Crippen LogP contribution in [0.3, 0.4) is 0 Å². The van der Waals surface area contributed by atoms with Crippen molar-refractivity contribution in [3.8, 4) is 0 Å². The molecule has 0 aromatic rings. The third kappa shape index (κ3) is 19.2. The van der Waals surface area contributed by atoms with Gasteiger partial charge in [-0.2, -0.15) is 0 Å². The van der Waals surface area contributed by atoms with Crippen molar-refractivity contribution < 1.29 is 57.8 Å². The quantitative estimate of drug-likeness (QED) is 0.197. The molecule has 1 N–H and O–H groups in total. The summed E-state index contributed by atoms with van der Waals surface area (Å²) < 4.78 is 0. The second-order valence-corrected chi connectivity index (χ2v) is 0.394. The predicted molar refractivity (Wildman–Crippen MR) is 9.47 cm³/mol. The summed E-state index contributed by atoms with van der Waals surface area (Å²) in [6.45, 7) is 0. The van der Waals surface area contributed by atoms with E-state index in [0.29, 0.717) is 0 Å². The molecule has 7 heavy (non-hydrogen) atoms. The summed E-state index contributed by atoms with van der Waals surface area (Å²) in [5, 5.41) is 24.8. The van der Waals surface area contributed by atoms with Gasteiger partial charge in [-0.25, -0.2) is 0 Å². The third-order valence-electron chi connectivity index (χ3n) is 0.0861. The minimum Gasteiger partial charge on any atom is -0.868 e. The van der Waals surface area contributed by atoms with Crippen molar-refractivity contribution in [1.29, 1.82) is 0 Å². The van der Waals surface area contributed by atoms with E-state index >= 15 is 0 Å². The molecule has 0 aromatic heterocycles. The van der Waals surface area contributed by atoms with E-state index in [-0.39, 0.29) is 37.7 Å². The molecule has 0 aliphatic carbocycles. The van der Waals surface area contributed by atoms with Gasteiger partial charge >= 0.3 is 37.7 Å². The largest absolute Gasteiger partial charge is 1.00 e. The second-order valence-electron chi connectivity index (χ2n) is 0.394. The van der Waals surface area contributed by atoms with Gasteiger partial charge in [-0.05, 0) is 0 Å². The molecule has 0 bridgehead atoms. The Balaban J connectivity index is -0.0000000800. The minimum absolute atomic E-state index is 0. The molecule has 0 radical (unpaired) electrons. The summed E-state index contributed by atoms with van der Waals surface area (Å²) in [7, 11) is -2.56. The molecule has 0 atom stereocenters. The van der Waals surface area contributed by atoms with E-state index in [2.05, 4.69) is 4.81 Å². The Morgan fingerprint density at radius 3 is 1.43 bits per heavy atom. The molecule has 0 aliphatic heterocycles. The SMILES string of the molecule is [Li+].[Li+].[O-]B([O-])OO. The van der Waals surface area contributed by atoms with Crippen LogP contribution in [0.25, 0.3) is 0 Å². The monoisotopic (exact) mass is 90.0 g/mol. The van der Waals surface area contributed by atoms with Crippen molar-refractivity contribution in [3.63, 3.8) is 0 Å². The zero-order valence-electron chi connectivity index (χ0n) is 4.25. The fourth-order valence-electron chi connectivity index (χ4n) is 0.